The minimum absolute atomic E-state index is 0.163. The summed E-state index contributed by atoms with van der Waals surface area (Å²) in [5.74, 6) is 0.805. The summed E-state index contributed by atoms with van der Waals surface area (Å²) in [6, 6.07) is 13.1. The highest BCUT2D eigenvalue weighted by Crippen LogP contribution is 2.23. The molecule has 0 atom stereocenters. The fourth-order valence-corrected chi connectivity index (χ4v) is 3.76. The lowest BCUT2D eigenvalue weighted by Crippen LogP contribution is -2.32. The average Bonchev–Trinajstić information content (AvgIpc) is 2.72. The third kappa shape index (κ3) is 3.88. The summed E-state index contributed by atoms with van der Waals surface area (Å²) >= 11 is 6.10. The molecule has 4 rings (SSSR count). The maximum Gasteiger partial charge on any atom is 0.252 e. The van der Waals surface area contributed by atoms with Crippen LogP contribution in [0.3, 0.4) is 0 Å². The van der Waals surface area contributed by atoms with Gasteiger partial charge < -0.3 is 10.2 Å². The monoisotopic (exact) mass is 380 g/mol. The Hall–Kier alpha value is -2.66. The molecule has 3 aromatic rings. The zero-order valence-electron chi connectivity index (χ0n) is 15.0. The summed E-state index contributed by atoms with van der Waals surface area (Å²) in [6.45, 7) is 2.46. The zero-order chi connectivity index (χ0) is 18.6. The van der Waals surface area contributed by atoms with Crippen LogP contribution in [0.15, 0.2) is 48.7 Å². The first-order chi connectivity index (χ1) is 13.2. The van der Waals surface area contributed by atoms with Crippen molar-refractivity contribution >= 4 is 34.2 Å². The predicted octanol–water partition coefficient (Wildman–Crippen LogP) is 4.20. The van der Waals surface area contributed by atoms with Crippen molar-refractivity contribution in [2.45, 2.75) is 25.8 Å². The fraction of sp³-hybridized carbons (Fsp3) is 0.286. The minimum atomic E-state index is -0.163. The zero-order valence-corrected chi connectivity index (χ0v) is 15.7. The number of benzene rings is 1. The number of carbonyl (C=O) groups excluding carboxylic acids is 1. The van der Waals surface area contributed by atoms with E-state index in [1.165, 1.54) is 19.3 Å². The number of nitrogens with zero attached hydrogens (tertiary/aromatic N) is 3. The lowest BCUT2D eigenvalue weighted by molar-refractivity contribution is 0.0952. The molecule has 0 radical (unpaired) electrons. The molecule has 1 fully saturated rings. The van der Waals surface area contributed by atoms with Crippen molar-refractivity contribution in [2.24, 2.45) is 0 Å². The van der Waals surface area contributed by atoms with Crippen LogP contribution in [0.2, 0.25) is 5.15 Å². The van der Waals surface area contributed by atoms with E-state index in [0.717, 1.165) is 29.9 Å². The maximum absolute atomic E-state index is 12.8. The number of nitrogens with one attached hydrogen (secondary N) is 1. The van der Waals surface area contributed by atoms with Crippen molar-refractivity contribution in [3.8, 4) is 0 Å². The van der Waals surface area contributed by atoms with Gasteiger partial charge in [-0.2, -0.15) is 0 Å². The van der Waals surface area contributed by atoms with Crippen molar-refractivity contribution < 1.29 is 4.79 Å². The Morgan fingerprint density at radius 2 is 1.93 bits per heavy atom. The van der Waals surface area contributed by atoms with Crippen LogP contribution in [0, 0.1) is 0 Å². The molecule has 5 nitrogen and oxygen atoms in total. The SMILES string of the molecule is O=C(NCc1cccnc1N1CCCCC1)c1cc(Cl)nc2ccccc12. The van der Waals surface area contributed by atoms with E-state index in [9.17, 15) is 4.79 Å². The van der Waals surface area contributed by atoms with E-state index >= 15 is 0 Å². The van der Waals surface area contributed by atoms with Gasteiger partial charge >= 0.3 is 0 Å². The summed E-state index contributed by atoms with van der Waals surface area (Å²) < 4.78 is 0. The molecule has 0 aliphatic carbocycles. The highest BCUT2D eigenvalue weighted by atomic mass is 35.5. The van der Waals surface area contributed by atoms with Gasteiger partial charge in [-0.25, -0.2) is 9.97 Å². The molecule has 1 aliphatic rings. The lowest BCUT2D eigenvalue weighted by Gasteiger charge is -2.29. The highest BCUT2D eigenvalue weighted by molar-refractivity contribution is 6.30. The fourth-order valence-electron chi connectivity index (χ4n) is 3.56. The normalized spacial score (nSPS) is 14.3. The lowest BCUT2D eigenvalue weighted by atomic mass is 10.1. The van der Waals surface area contributed by atoms with Crippen LogP contribution in [-0.2, 0) is 6.54 Å². The molecule has 0 unspecified atom stereocenters. The van der Waals surface area contributed by atoms with Crippen LogP contribution >= 0.6 is 11.6 Å². The Bertz CT molecular complexity index is 969. The average molecular weight is 381 g/mol. The van der Waals surface area contributed by atoms with Gasteiger partial charge in [-0.3, -0.25) is 4.79 Å². The van der Waals surface area contributed by atoms with Crippen molar-refractivity contribution in [2.75, 3.05) is 18.0 Å². The van der Waals surface area contributed by atoms with Gasteiger partial charge in [0, 0.05) is 36.8 Å². The number of piperidine rings is 1. The van der Waals surface area contributed by atoms with Gasteiger partial charge in [-0.05, 0) is 37.5 Å². The van der Waals surface area contributed by atoms with E-state index in [1.54, 1.807) is 6.07 Å². The van der Waals surface area contributed by atoms with Crippen LogP contribution in [0.4, 0.5) is 5.82 Å². The Morgan fingerprint density at radius 3 is 2.78 bits per heavy atom. The highest BCUT2D eigenvalue weighted by Gasteiger charge is 2.17. The number of pyridine rings is 2. The van der Waals surface area contributed by atoms with Gasteiger partial charge in [0.05, 0.1) is 11.1 Å². The van der Waals surface area contributed by atoms with Gasteiger partial charge in [0.2, 0.25) is 0 Å². The molecular formula is C21H21ClN4O. The van der Waals surface area contributed by atoms with Gasteiger partial charge in [0.25, 0.3) is 5.91 Å². The van der Waals surface area contributed by atoms with E-state index in [1.807, 2.05) is 42.6 Å². The van der Waals surface area contributed by atoms with E-state index in [-0.39, 0.29) is 5.91 Å². The number of hydrogen-bond donors (Lipinski definition) is 1. The quantitative estimate of drug-likeness (QED) is 0.689. The molecule has 2 aromatic heterocycles. The van der Waals surface area contributed by atoms with Gasteiger partial charge in [0.1, 0.15) is 11.0 Å². The summed E-state index contributed by atoms with van der Waals surface area (Å²) in [6.07, 6.45) is 5.45. The van der Waals surface area contributed by atoms with Crippen LogP contribution in [-0.4, -0.2) is 29.0 Å². The number of fused-ring (bicyclic) bond motifs is 1. The second-order valence-electron chi connectivity index (χ2n) is 6.73. The Kier molecular flexibility index (Phi) is 5.21. The number of hydrogen-bond acceptors (Lipinski definition) is 4. The molecule has 138 valence electrons. The second kappa shape index (κ2) is 7.92. The molecule has 0 saturated carbocycles. The molecule has 0 spiro atoms. The smallest absolute Gasteiger partial charge is 0.252 e. The number of carbonyl (C=O) groups is 1. The number of anilines is 1. The largest absolute Gasteiger partial charge is 0.356 e. The molecule has 3 heterocycles. The Labute approximate surface area is 163 Å². The molecule has 27 heavy (non-hydrogen) atoms. The minimum Gasteiger partial charge on any atom is -0.356 e. The van der Waals surface area contributed by atoms with E-state index in [4.69, 9.17) is 11.6 Å². The standard InChI is InChI=1S/C21H21ClN4O/c22-19-13-17(16-8-2-3-9-18(16)25-19)21(27)24-14-15-7-6-10-23-20(15)26-11-4-1-5-12-26/h2-3,6-10,13H,1,4-5,11-12,14H2,(H,24,27). The van der Waals surface area contributed by atoms with Crippen LogP contribution in [0.1, 0.15) is 35.2 Å². The number of amides is 1. The van der Waals surface area contributed by atoms with Crippen molar-refractivity contribution in [3.63, 3.8) is 0 Å². The van der Waals surface area contributed by atoms with Gasteiger partial charge in [-0.1, -0.05) is 35.9 Å². The third-order valence-corrected chi connectivity index (χ3v) is 5.09. The predicted molar refractivity (Wildman–Crippen MR) is 108 cm³/mol. The summed E-state index contributed by atoms with van der Waals surface area (Å²) in [5, 5.41) is 4.13. The topological polar surface area (TPSA) is 58.1 Å². The van der Waals surface area contributed by atoms with Crippen molar-refractivity contribution in [1.29, 1.82) is 0 Å². The van der Waals surface area contributed by atoms with Crippen LogP contribution in [0.25, 0.3) is 10.9 Å². The number of rotatable bonds is 4. The molecular weight excluding hydrogens is 360 g/mol. The summed E-state index contributed by atoms with van der Waals surface area (Å²) in [4.78, 5) is 24.0. The van der Waals surface area contributed by atoms with Crippen LogP contribution < -0.4 is 10.2 Å². The van der Waals surface area contributed by atoms with Gasteiger partial charge in [-0.15, -0.1) is 0 Å². The van der Waals surface area contributed by atoms with Gasteiger partial charge in [0.15, 0.2) is 0 Å². The first-order valence-electron chi connectivity index (χ1n) is 9.25. The first kappa shape index (κ1) is 17.7. The molecule has 0 bridgehead atoms. The second-order valence-corrected chi connectivity index (χ2v) is 7.11. The molecule has 1 aliphatic heterocycles. The maximum atomic E-state index is 12.8. The van der Waals surface area contributed by atoms with E-state index < -0.39 is 0 Å². The van der Waals surface area contributed by atoms with Crippen molar-refractivity contribution in [1.82, 2.24) is 15.3 Å². The van der Waals surface area contributed by atoms with Crippen molar-refractivity contribution in [3.05, 3.63) is 64.9 Å². The third-order valence-electron chi connectivity index (χ3n) is 4.89. The number of aromatic nitrogens is 2. The first-order valence-corrected chi connectivity index (χ1v) is 9.62. The number of halogens is 1. The molecule has 1 aromatic carbocycles. The van der Waals surface area contributed by atoms with E-state index in [2.05, 4.69) is 20.2 Å². The summed E-state index contributed by atoms with van der Waals surface area (Å²) in [5.41, 5.74) is 2.27. The molecule has 1 N–H and O–H groups in total. The Morgan fingerprint density at radius 1 is 1.11 bits per heavy atom. The van der Waals surface area contributed by atoms with E-state index in [0.29, 0.717) is 22.8 Å². The molecule has 1 amide bonds. The van der Waals surface area contributed by atoms with Crippen LogP contribution in [0.5, 0.6) is 0 Å². The Balaban J connectivity index is 1.55. The summed E-state index contributed by atoms with van der Waals surface area (Å²) in [7, 11) is 0. The molecule has 6 heteroatoms. The number of para-hydroxylation sites is 1. The molecule has 1 saturated heterocycles.